The predicted octanol–water partition coefficient (Wildman–Crippen LogP) is 1.28. The minimum absolute atomic E-state index is 0.306. The highest BCUT2D eigenvalue weighted by Crippen LogP contribution is 2.13. The summed E-state index contributed by atoms with van der Waals surface area (Å²) in [7, 11) is 2.16. The summed E-state index contributed by atoms with van der Waals surface area (Å²) in [5.74, 6) is 1.12. The van der Waals surface area contributed by atoms with Gasteiger partial charge in [-0.3, -0.25) is 0 Å². The lowest BCUT2D eigenvalue weighted by atomic mass is 10.1. The SMILES string of the molecule is Cc1cnc(N)nc1NCCCOC1CCN(C)CC1. The standard InChI is InChI=1S/C14H25N5O/c1-11-10-17-14(15)18-13(11)16-6-3-9-20-12-4-7-19(2)8-5-12/h10,12H,3-9H2,1-2H3,(H3,15,16,17,18). The third-order valence-corrected chi connectivity index (χ3v) is 3.62. The largest absolute Gasteiger partial charge is 0.378 e. The average Bonchev–Trinajstić information content (AvgIpc) is 2.44. The summed E-state index contributed by atoms with van der Waals surface area (Å²) in [6, 6.07) is 0. The number of rotatable bonds is 6. The molecular formula is C14H25N5O. The minimum atomic E-state index is 0.306. The molecule has 0 spiro atoms. The first kappa shape index (κ1) is 15.0. The van der Waals surface area contributed by atoms with E-state index in [0.29, 0.717) is 12.1 Å². The second-order valence-corrected chi connectivity index (χ2v) is 5.41. The average molecular weight is 279 g/mol. The summed E-state index contributed by atoms with van der Waals surface area (Å²) < 4.78 is 5.90. The van der Waals surface area contributed by atoms with E-state index in [2.05, 4.69) is 27.2 Å². The van der Waals surface area contributed by atoms with E-state index in [4.69, 9.17) is 10.5 Å². The third-order valence-electron chi connectivity index (χ3n) is 3.62. The highest BCUT2D eigenvalue weighted by Gasteiger charge is 2.16. The van der Waals surface area contributed by atoms with E-state index in [9.17, 15) is 0 Å². The maximum absolute atomic E-state index is 5.90. The Balaban J connectivity index is 1.61. The van der Waals surface area contributed by atoms with Crippen LogP contribution in [0.1, 0.15) is 24.8 Å². The van der Waals surface area contributed by atoms with Crippen LogP contribution in [-0.4, -0.2) is 54.3 Å². The fourth-order valence-electron chi connectivity index (χ4n) is 2.32. The molecule has 0 bridgehead atoms. The number of aromatic nitrogens is 2. The maximum atomic E-state index is 5.90. The van der Waals surface area contributed by atoms with Crippen molar-refractivity contribution in [1.29, 1.82) is 0 Å². The molecule has 1 aliphatic heterocycles. The Morgan fingerprint density at radius 3 is 2.95 bits per heavy atom. The number of ether oxygens (including phenoxy) is 1. The highest BCUT2D eigenvalue weighted by molar-refractivity contribution is 5.44. The van der Waals surface area contributed by atoms with Crippen LogP contribution < -0.4 is 11.1 Å². The van der Waals surface area contributed by atoms with Crippen LogP contribution in [0.25, 0.3) is 0 Å². The Bertz CT molecular complexity index is 418. The van der Waals surface area contributed by atoms with Crippen LogP contribution in [0.3, 0.4) is 0 Å². The van der Waals surface area contributed by atoms with Gasteiger partial charge in [-0.2, -0.15) is 4.98 Å². The number of likely N-dealkylation sites (tertiary alicyclic amines) is 1. The molecule has 0 unspecified atom stereocenters. The summed E-state index contributed by atoms with van der Waals surface area (Å²) in [6.07, 6.45) is 5.43. The van der Waals surface area contributed by atoms with E-state index < -0.39 is 0 Å². The number of anilines is 2. The van der Waals surface area contributed by atoms with Gasteiger partial charge in [0.2, 0.25) is 5.95 Å². The van der Waals surface area contributed by atoms with Gasteiger partial charge in [-0.15, -0.1) is 0 Å². The molecule has 2 heterocycles. The molecule has 0 aromatic carbocycles. The van der Waals surface area contributed by atoms with Crippen LogP contribution in [0, 0.1) is 6.92 Å². The molecular weight excluding hydrogens is 254 g/mol. The zero-order chi connectivity index (χ0) is 14.4. The molecule has 3 N–H and O–H groups in total. The molecule has 0 atom stereocenters. The minimum Gasteiger partial charge on any atom is -0.378 e. The summed E-state index contributed by atoms with van der Waals surface area (Å²) >= 11 is 0. The molecule has 0 aliphatic carbocycles. The number of piperidine rings is 1. The molecule has 0 saturated carbocycles. The predicted molar refractivity (Wildman–Crippen MR) is 80.8 cm³/mol. The van der Waals surface area contributed by atoms with Gasteiger partial charge in [-0.1, -0.05) is 0 Å². The molecule has 20 heavy (non-hydrogen) atoms. The van der Waals surface area contributed by atoms with Crippen LogP contribution in [0.4, 0.5) is 11.8 Å². The molecule has 0 amide bonds. The van der Waals surface area contributed by atoms with Crippen LogP contribution in [0.15, 0.2) is 6.20 Å². The van der Waals surface area contributed by atoms with E-state index in [0.717, 1.165) is 56.9 Å². The van der Waals surface area contributed by atoms with Gasteiger partial charge in [0.15, 0.2) is 0 Å². The van der Waals surface area contributed by atoms with Crippen molar-refractivity contribution in [3.63, 3.8) is 0 Å². The van der Waals surface area contributed by atoms with Crippen LogP contribution in [0.5, 0.6) is 0 Å². The van der Waals surface area contributed by atoms with Gasteiger partial charge in [0.1, 0.15) is 5.82 Å². The lowest BCUT2D eigenvalue weighted by molar-refractivity contribution is 0.0125. The van der Waals surface area contributed by atoms with Gasteiger partial charge in [0.25, 0.3) is 0 Å². The van der Waals surface area contributed by atoms with Gasteiger partial charge in [-0.25, -0.2) is 4.98 Å². The Hall–Kier alpha value is -1.40. The van der Waals surface area contributed by atoms with Crippen molar-refractivity contribution < 1.29 is 4.74 Å². The quantitative estimate of drug-likeness (QED) is 0.764. The lowest BCUT2D eigenvalue weighted by Gasteiger charge is -2.28. The molecule has 1 fully saturated rings. The zero-order valence-electron chi connectivity index (χ0n) is 12.4. The van der Waals surface area contributed by atoms with Crippen molar-refractivity contribution in [3.05, 3.63) is 11.8 Å². The summed E-state index contributed by atoms with van der Waals surface area (Å²) in [4.78, 5) is 10.5. The zero-order valence-corrected chi connectivity index (χ0v) is 12.4. The normalized spacial score (nSPS) is 17.3. The number of nitrogen functional groups attached to an aromatic ring is 1. The second kappa shape index (κ2) is 7.40. The Morgan fingerprint density at radius 1 is 1.45 bits per heavy atom. The number of aryl methyl sites for hydroxylation is 1. The molecule has 1 aromatic heterocycles. The third kappa shape index (κ3) is 4.61. The summed E-state index contributed by atoms with van der Waals surface area (Å²) in [5, 5.41) is 3.28. The molecule has 1 saturated heterocycles. The molecule has 1 aromatic rings. The van der Waals surface area contributed by atoms with Gasteiger partial charge in [-0.05, 0) is 33.2 Å². The van der Waals surface area contributed by atoms with E-state index in [1.165, 1.54) is 0 Å². The fraction of sp³-hybridized carbons (Fsp3) is 0.714. The van der Waals surface area contributed by atoms with Gasteiger partial charge in [0.05, 0.1) is 6.10 Å². The summed E-state index contributed by atoms with van der Waals surface area (Å²) in [5.41, 5.74) is 6.59. The first-order valence-corrected chi connectivity index (χ1v) is 7.28. The first-order chi connectivity index (χ1) is 9.65. The van der Waals surface area contributed by atoms with Crippen molar-refractivity contribution in [2.24, 2.45) is 0 Å². The molecule has 1 aliphatic rings. The van der Waals surface area contributed by atoms with Crippen molar-refractivity contribution in [2.75, 3.05) is 44.3 Å². The molecule has 6 nitrogen and oxygen atoms in total. The van der Waals surface area contributed by atoms with Crippen LogP contribution in [0.2, 0.25) is 0 Å². The van der Waals surface area contributed by atoms with Crippen molar-refractivity contribution in [3.8, 4) is 0 Å². The number of hydrogen-bond acceptors (Lipinski definition) is 6. The summed E-state index contributed by atoms with van der Waals surface area (Å²) in [6.45, 7) is 5.88. The van der Waals surface area contributed by atoms with E-state index in [-0.39, 0.29) is 0 Å². The van der Waals surface area contributed by atoms with E-state index in [1.54, 1.807) is 6.20 Å². The Kier molecular flexibility index (Phi) is 5.55. The Labute approximate surface area is 120 Å². The topological polar surface area (TPSA) is 76.3 Å². The van der Waals surface area contributed by atoms with Gasteiger partial charge < -0.3 is 20.7 Å². The van der Waals surface area contributed by atoms with Gasteiger partial charge in [0, 0.05) is 38.0 Å². The van der Waals surface area contributed by atoms with Crippen molar-refractivity contribution >= 4 is 11.8 Å². The molecule has 0 radical (unpaired) electrons. The maximum Gasteiger partial charge on any atom is 0.221 e. The van der Waals surface area contributed by atoms with Crippen LogP contribution >= 0.6 is 0 Å². The monoisotopic (exact) mass is 279 g/mol. The number of nitrogens with two attached hydrogens (primary N) is 1. The van der Waals surface area contributed by atoms with E-state index in [1.807, 2.05) is 6.92 Å². The number of nitrogens with zero attached hydrogens (tertiary/aromatic N) is 3. The molecule has 6 heteroatoms. The lowest BCUT2D eigenvalue weighted by Crippen LogP contribution is -2.34. The number of hydrogen-bond donors (Lipinski definition) is 2. The van der Waals surface area contributed by atoms with Crippen LogP contribution in [-0.2, 0) is 4.74 Å². The smallest absolute Gasteiger partial charge is 0.221 e. The molecule has 2 rings (SSSR count). The van der Waals surface area contributed by atoms with Crippen molar-refractivity contribution in [1.82, 2.24) is 14.9 Å². The van der Waals surface area contributed by atoms with Gasteiger partial charge >= 0.3 is 0 Å². The second-order valence-electron chi connectivity index (χ2n) is 5.41. The Morgan fingerprint density at radius 2 is 2.20 bits per heavy atom. The number of nitrogens with one attached hydrogen (secondary N) is 1. The molecule has 112 valence electrons. The fourth-order valence-corrected chi connectivity index (χ4v) is 2.32. The van der Waals surface area contributed by atoms with E-state index >= 15 is 0 Å². The first-order valence-electron chi connectivity index (χ1n) is 7.28. The van der Waals surface area contributed by atoms with Crippen molar-refractivity contribution in [2.45, 2.75) is 32.3 Å². The highest BCUT2D eigenvalue weighted by atomic mass is 16.5.